The Morgan fingerprint density at radius 3 is 2.32 bits per heavy atom. The zero-order valence-corrected chi connectivity index (χ0v) is 17.5. The Labute approximate surface area is 171 Å². The third-order valence-electron chi connectivity index (χ3n) is 4.86. The van der Waals surface area contributed by atoms with Gasteiger partial charge in [-0.1, -0.05) is 35.4 Å². The molecule has 0 unspecified atom stereocenters. The lowest BCUT2D eigenvalue weighted by Gasteiger charge is -2.36. The van der Waals surface area contributed by atoms with Gasteiger partial charge in [0.1, 0.15) is 6.07 Å². The van der Waals surface area contributed by atoms with Gasteiger partial charge in [0.25, 0.3) is 0 Å². The van der Waals surface area contributed by atoms with E-state index in [1.54, 1.807) is 12.1 Å². The van der Waals surface area contributed by atoms with Gasteiger partial charge in [-0.2, -0.15) is 5.26 Å². The molecule has 28 heavy (non-hydrogen) atoms. The van der Waals surface area contributed by atoms with Gasteiger partial charge in [-0.05, 0) is 43.7 Å². The van der Waals surface area contributed by atoms with E-state index in [0.717, 1.165) is 29.9 Å². The fraction of sp³-hybridized carbons (Fsp3) is 0.286. The Hall–Kier alpha value is -2.49. The van der Waals surface area contributed by atoms with Crippen LogP contribution >= 0.6 is 11.6 Å². The van der Waals surface area contributed by atoms with E-state index in [9.17, 15) is 13.7 Å². The van der Waals surface area contributed by atoms with Gasteiger partial charge in [0.15, 0.2) is 4.91 Å². The normalized spacial score (nSPS) is 15.4. The first-order valence-electron chi connectivity index (χ1n) is 9.00. The van der Waals surface area contributed by atoms with Crippen molar-refractivity contribution in [3.8, 4) is 6.07 Å². The summed E-state index contributed by atoms with van der Waals surface area (Å²) >= 11 is 6.12. The molecule has 2 aromatic rings. The molecule has 2 aromatic carbocycles. The van der Waals surface area contributed by atoms with Crippen LogP contribution in [0.25, 0.3) is 0 Å². The molecule has 0 aliphatic carbocycles. The number of hydrogen-bond donors (Lipinski definition) is 0. The lowest BCUT2D eigenvalue weighted by molar-refractivity contribution is 0.348. The van der Waals surface area contributed by atoms with Crippen LogP contribution in [0.15, 0.2) is 58.5 Å². The molecule has 1 heterocycles. The van der Waals surface area contributed by atoms with Crippen LogP contribution in [0, 0.1) is 25.2 Å². The molecule has 7 heteroatoms. The predicted molar refractivity (Wildman–Crippen MR) is 112 cm³/mol. The number of anilines is 1. The van der Waals surface area contributed by atoms with Crippen LogP contribution in [0.1, 0.15) is 11.1 Å². The van der Waals surface area contributed by atoms with Crippen LogP contribution in [0.5, 0.6) is 0 Å². The number of hydrogen-bond acceptors (Lipinski definition) is 5. The van der Waals surface area contributed by atoms with Crippen molar-refractivity contribution in [3.05, 3.63) is 69.7 Å². The van der Waals surface area contributed by atoms with Crippen molar-refractivity contribution in [1.82, 2.24) is 4.90 Å². The molecule has 1 aliphatic heterocycles. The van der Waals surface area contributed by atoms with Crippen LogP contribution < -0.4 is 4.90 Å². The summed E-state index contributed by atoms with van der Waals surface area (Å²) in [6.45, 7) is 6.63. The Morgan fingerprint density at radius 1 is 1.07 bits per heavy atom. The van der Waals surface area contributed by atoms with E-state index in [0.29, 0.717) is 18.1 Å². The summed E-state index contributed by atoms with van der Waals surface area (Å²) in [5.41, 5.74) is 3.20. The van der Waals surface area contributed by atoms with E-state index in [2.05, 4.69) is 4.90 Å². The van der Waals surface area contributed by atoms with Crippen molar-refractivity contribution >= 4 is 27.1 Å². The molecule has 1 fully saturated rings. The number of nitrogens with zero attached hydrogens (tertiary/aromatic N) is 3. The van der Waals surface area contributed by atoms with Crippen LogP contribution in [0.3, 0.4) is 0 Å². The molecule has 0 atom stereocenters. The minimum absolute atomic E-state index is 0.138. The van der Waals surface area contributed by atoms with Crippen molar-refractivity contribution in [2.24, 2.45) is 0 Å². The highest BCUT2D eigenvalue weighted by molar-refractivity contribution is 7.95. The summed E-state index contributed by atoms with van der Waals surface area (Å²) in [7, 11) is -3.82. The summed E-state index contributed by atoms with van der Waals surface area (Å²) in [6.07, 6.45) is 1.47. The first kappa shape index (κ1) is 20.2. The highest BCUT2D eigenvalue weighted by Crippen LogP contribution is 2.26. The molecule has 0 amide bonds. The van der Waals surface area contributed by atoms with E-state index in [1.807, 2.05) is 43.0 Å². The smallest absolute Gasteiger partial charge is 0.218 e. The third-order valence-corrected chi connectivity index (χ3v) is 6.76. The number of nitriles is 1. The van der Waals surface area contributed by atoms with Gasteiger partial charge in [-0.25, -0.2) is 8.42 Å². The van der Waals surface area contributed by atoms with Gasteiger partial charge in [0.05, 0.1) is 4.90 Å². The van der Waals surface area contributed by atoms with Crippen LogP contribution in [0.2, 0.25) is 5.02 Å². The Morgan fingerprint density at radius 2 is 1.71 bits per heavy atom. The summed E-state index contributed by atoms with van der Waals surface area (Å²) in [5.74, 6) is 0. The molecule has 0 N–H and O–H groups in total. The number of aryl methyl sites for hydroxylation is 2. The van der Waals surface area contributed by atoms with Gasteiger partial charge in [0.2, 0.25) is 9.84 Å². The number of piperazine rings is 1. The monoisotopic (exact) mass is 415 g/mol. The fourth-order valence-corrected chi connectivity index (χ4v) is 4.51. The molecular weight excluding hydrogens is 394 g/mol. The number of halogens is 1. The molecule has 0 saturated carbocycles. The third kappa shape index (κ3) is 4.32. The Kier molecular flexibility index (Phi) is 5.97. The average Bonchev–Trinajstić information content (AvgIpc) is 2.68. The largest absolute Gasteiger partial charge is 0.372 e. The lowest BCUT2D eigenvalue weighted by Crippen LogP contribution is -2.44. The van der Waals surface area contributed by atoms with Crippen LogP contribution in [-0.4, -0.2) is 39.5 Å². The van der Waals surface area contributed by atoms with Crippen LogP contribution in [-0.2, 0) is 9.84 Å². The van der Waals surface area contributed by atoms with Gasteiger partial charge >= 0.3 is 0 Å². The second-order valence-electron chi connectivity index (χ2n) is 6.88. The van der Waals surface area contributed by atoms with Crippen molar-refractivity contribution in [3.63, 3.8) is 0 Å². The molecule has 0 bridgehead atoms. The molecule has 0 spiro atoms. The predicted octanol–water partition coefficient (Wildman–Crippen LogP) is 3.92. The van der Waals surface area contributed by atoms with Crippen LogP contribution in [0.4, 0.5) is 5.69 Å². The summed E-state index contributed by atoms with van der Waals surface area (Å²) in [5, 5.41) is 10.1. The first-order chi connectivity index (χ1) is 13.3. The van der Waals surface area contributed by atoms with Gasteiger partial charge < -0.3 is 9.80 Å². The topological polar surface area (TPSA) is 64.4 Å². The fourth-order valence-electron chi connectivity index (χ4n) is 3.18. The molecular formula is C21H22ClN3O2S. The second-order valence-corrected chi connectivity index (χ2v) is 9.23. The summed E-state index contributed by atoms with van der Waals surface area (Å²) in [4.78, 5) is 4.02. The zero-order chi connectivity index (χ0) is 20.3. The average molecular weight is 416 g/mol. The lowest BCUT2D eigenvalue weighted by atomic mass is 10.1. The van der Waals surface area contributed by atoms with Gasteiger partial charge in [-0.3, -0.25) is 0 Å². The Balaban J connectivity index is 1.76. The molecule has 5 nitrogen and oxygen atoms in total. The molecule has 0 aromatic heterocycles. The highest BCUT2D eigenvalue weighted by Gasteiger charge is 2.23. The molecule has 1 saturated heterocycles. The first-order valence-corrected chi connectivity index (χ1v) is 10.9. The highest BCUT2D eigenvalue weighted by atomic mass is 35.5. The number of rotatable bonds is 4. The maximum absolute atomic E-state index is 12.8. The van der Waals surface area contributed by atoms with E-state index < -0.39 is 9.84 Å². The van der Waals surface area contributed by atoms with E-state index >= 15 is 0 Å². The second kappa shape index (κ2) is 8.26. The molecule has 0 radical (unpaired) electrons. The van der Waals surface area contributed by atoms with Crippen molar-refractivity contribution in [2.75, 3.05) is 31.1 Å². The van der Waals surface area contributed by atoms with Crippen molar-refractivity contribution in [2.45, 2.75) is 18.7 Å². The summed E-state index contributed by atoms with van der Waals surface area (Å²) in [6, 6.07) is 14.2. The van der Waals surface area contributed by atoms with Gasteiger partial charge in [0, 0.05) is 43.1 Å². The standard InChI is InChI=1S/C21H22ClN3O2S/c1-16-3-7-19(8-4-16)28(26,27)20(14-23)15-24-9-11-25(12-10-24)21-13-18(22)6-5-17(21)2/h3-8,13,15H,9-12H2,1-2H3. The maximum Gasteiger partial charge on any atom is 0.218 e. The quantitative estimate of drug-likeness (QED) is 0.708. The Bertz CT molecular complexity index is 1030. The number of benzene rings is 2. The maximum atomic E-state index is 12.8. The van der Waals surface area contributed by atoms with Crippen molar-refractivity contribution < 1.29 is 8.42 Å². The van der Waals surface area contributed by atoms with E-state index in [-0.39, 0.29) is 9.80 Å². The molecule has 1 aliphatic rings. The molecule has 146 valence electrons. The number of sulfone groups is 1. The minimum atomic E-state index is -3.82. The SMILES string of the molecule is Cc1ccc(S(=O)(=O)C(C#N)=CN2CCN(c3cc(Cl)ccc3C)CC2)cc1. The van der Waals surface area contributed by atoms with E-state index in [1.165, 1.54) is 18.3 Å². The minimum Gasteiger partial charge on any atom is -0.372 e. The summed E-state index contributed by atoms with van der Waals surface area (Å²) < 4.78 is 25.5. The van der Waals surface area contributed by atoms with Gasteiger partial charge in [-0.15, -0.1) is 0 Å². The number of allylic oxidation sites excluding steroid dienone is 1. The van der Waals surface area contributed by atoms with Crippen molar-refractivity contribution in [1.29, 1.82) is 5.26 Å². The molecule has 3 rings (SSSR count). The zero-order valence-electron chi connectivity index (χ0n) is 15.9. The van der Waals surface area contributed by atoms with E-state index in [4.69, 9.17) is 11.6 Å².